The molecule has 2 unspecified atom stereocenters. The molecule has 144 valence electrons. The van der Waals surface area contributed by atoms with Crippen LogP contribution in [0.15, 0.2) is 5.57 Å². The summed E-state index contributed by atoms with van der Waals surface area (Å²) >= 11 is 0. The monoisotopic (exact) mass is 367 g/mol. The second kappa shape index (κ2) is 6.50. The zero-order valence-corrected chi connectivity index (χ0v) is 16.5. The number of hydrogen-bond acceptors (Lipinski definition) is 4. The van der Waals surface area contributed by atoms with Crippen LogP contribution < -0.4 is 4.74 Å². The number of aromatic hydroxyl groups is 1. The second-order valence-electron chi connectivity index (χ2n) is 8.91. The third-order valence-electron chi connectivity index (χ3n) is 6.52. The van der Waals surface area contributed by atoms with E-state index in [0.717, 1.165) is 55.3 Å². The van der Waals surface area contributed by atoms with E-state index in [0.29, 0.717) is 40.9 Å². The van der Waals surface area contributed by atoms with Gasteiger partial charge < -0.3 is 15.3 Å². The minimum atomic E-state index is -0.219. The Balaban J connectivity index is 1.92. The number of phenols is 1. The van der Waals surface area contributed by atoms with Crippen LogP contribution in [0.5, 0.6) is 11.5 Å². The van der Waals surface area contributed by atoms with Gasteiger partial charge in [0.1, 0.15) is 17.1 Å². The van der Waals surface area contributed by atoms with Crippen molar-refractivity contribution in [2.75, 3.05) is 0 Å². The Morgan fingerprint density at radius 1 is 1.30 bits per heavy atom. The molecule has 1 aromatic rings. The van der Waals surface area contributed by atoms with Gasteiger partial charge in [-0.05, 0) is 70.3 Å². The predicted molar refractivity (Wildman–Crippen MR) is 107 cm³/mol. The van der Waals surface area contributed by atoms with Crippen LogP contribution in [0.1, 0.15) is 93.4 Å². The maximum absolute atomic E-state index is 11.6. The number of carbonyl (C=O) groups excluding carboxylic acids is 1. The molecule has 2 atom stereocenters. The Kier molecular flexibility index (Phi) is 4.40. The molecule has 1 saturated carbocycles. The van der Waals surface area contributed by atoms with E-state index >= 15 is 0 Å². The van der Waals surface area contributed by atoms with Crippen molar-refractivity contribution in [2.24, 2.45) is 0 Å². The van der Waals surface area contributed by atoms with Crippen molar-refractivity contribution in [3.63, 3.8) is 0 Å². The Morgan fingerprint density at radius 2 is 2.00 bits per heavy atom. The zero-order valence-electron chi connectivity index (χ0n) is 16.5. The van der Waals surface area contributed by atoms with E-state index in [2.05, 4.69) is 13.8 Å². The van der Waals surface area contributed by atoms with E-state index in [1.165, 1.54) is 12.0 Å². The molecule has 0 saturated heterocycles. The number of fused-ring (bicyclic) bond motifs is 7. The predicted octanol–water partition coefficient (Wildman–Crippen LogP) is 5.26. The van der Waals surface area contributed by atoms with Gasteiger partial charge in [0.15, 0.2) is 6.29 Å². The summed E-state index contributed by atoms with van der Waals surface area (Å²) < 4.78 is 6.45. The highest BCUT2D eigenvalue weighted by Crippen LogP contribution is 2.61. The van der Waals surface area contributed by atoms with Crippen LogP contribution in [0.4, 0.5) is 0 Å². The summed E-state index contributed by atoms with van der Waals surface area (Å²) in [6, 6.07) is 0. The van der Waals surface area contributed by atoms with Gasteiger partial charge in [-0.1, -0.05) is 13.3 Å². The summed E-state index contributed by atoms with van der Waals surface area (Å²) in [4.78, 5) is 11.6. The molecule has 3 aliphatic rings. The lowest BCUT2D eigenvalue weighted by Crippen LogP contribution is -2.34. The number of aldehydes is 1. The second-order valence-corrected chi connectivity index (χ2v) is 8.91. The fraction of sp³-hybridized carbons (Fsp3) is 0.565. The van der Waals surface area contributed by atoms with Crippen LogP contribution in [0.3, 0.4) is 0 Å². The molecule has 1 aromatic carbocycles. The van der Waals surface area contributed by atoms with Crippen molar-refractivity contribution >= 4 is 18.1 Å². The van der Waals surface area contributed by atoms with Gasteiger partial charge in [-0.3, -0.25) is 4.79 Å². The first kappa shape index (κ1) is 18.3. The highest BCUT2D eigenvalue weighted by Gasteiger charge is 2.45. The van der Waals surface area contributed by atoms with Crippen LogP contribution in [-0.4, -0.2) is 22.7 Å². The summed E-state index contributed by atoms with van der Waals surface area (Å²) in [5, 5.41) is 19.4. The molecule has 0 amide bonds. The molecule has 1 heterocycles. The number of ether oxygens (including phenoxy) is 1. The van der Waals surface area contributed by atoms with Crippen molar-refractivity contribution in [2.45, 2.75) is 83.2 Å². The molecule has 2 bridgehead atoms. The first-order chi connectivity index (χ1) is 12.9. The minimum absolute atomic E-state index is 0.219. The molecule has 0 spiro atoms. The number of hydrogen-bond donors (Lipinski definition) is 2. The van der Waals surface area contributed by atoms with Crippen LogP contribution in [0.2, 0.25) is 0 Å². The molecule has 4 nitrogen and oxygen atoms in total. The molecule has 2 aliphatic carbocycles. The summed E-state index contributed by atoms with van der Waals surface area (Å²) in [7, 11) is 0. The lowest BCUT2D eigenvalue weighted by Gasteiger charge is -2.37. The maximum Gasteiger partial charge on any atom is 0.151 e. The summed E-state index contributed by atoms with van der Waals surface area (Å²) in [5.74, 6) is 2.15. The SMILES string of the molecule is CCCC(=N)/C(C=O)=C/c1c(O)c2c(c3c1CCC(C)(C)O3)C1CCC2C1. The van der Waals surface area contributed by atoms with E-state index in [1.54, 1.807) is 6.08 Å². The van der Waals surface area contributed by atoms with Gasteiger partial charge >= 0.3 is 0 Å². The lowest BCUT2D eigenvalue weighted by molar-refractivity contribution is -0.104. The fourth-order valence-electron chi connectivity index (χ4n) is 5.16. The Hall–Kier alpha value is -2.10. The zero-order chi connectivity index (χ0) is 19.3. The van der Waals surface area contributed by atoms with Gasteiger partial charge in [0.2, 0.25) is 0 Å². The van der Waals surface area contributed by atoms with Crippen molar-refractivity contribution in [1.29, 1.82) is 5.41 Å². The number of allylic oxidation sites excluding steroid dienone is 1. The summed E-state index contributed by atoms with van der Waals surface area (Å²) in [5.41, 5.74) is 4.46. The minimum Gasteiger partial charge on any atom is -0.507 e. The average Bonchev–Trinajstić information content (AvgIpc) is 3.23. The molecule has 1 aliphatic heterocycles. The van der Waals surface area contributed by atoms with Crippen molar-refractivity contribution in [3.05, 3.63) is 27.8 Å². The number of benzene rings is 1. The van der Waals surface area contributed by atoms with Gasteiger partial charge in [-0.2, -0.15) is 0 Å². The van der Waals surface area contributed by atoms with E-state index in [9.17, 15) is 9.90 Å². The molecule has 4 rings (SSSR count). The standard InChI is InChI=1S/C23H29NO3/c1-4-5-18(24)15(12-25)11-17-16-8-9-23(2,3)27-22(16)20-14-7-6-13(10-14)19(20)21(17)26/h11-14,24,26H,4-10H2,1-3H3/b15-11+,24-18?. The molecule has 27 heavy (non-hydrogen) atoms. The first-order valence-electron chi connectivity index (χ1n) is 10.2. The van der Waals surface area contributed by atoms with Gasteiger partial charge in [0.25, 0.3) is 0 Å². The lowest BCUT2D eigenvalue weighted by atomic mass is 9.81. The van der Waals surface area contributed by atoms with Crippen molar-refractivity contribution in [1.82, 2.24) is 0 Å². The quantitative estimate of drug-likeness (QED) is 0.423. The first-order valence-corrected chi connectivity index (χ1v) is 10.2. The van der Waals surface area contributed by atoms with Crippen LogP contribution in [-0.2, 0) is 11.2 Å². The number of rotatable bonds is 5. The maximum atomic E-state index is 11.6. The number of nitrogens with one attached hydrogen (secondary N) is 1. The summed E-state index contributed by atoms with van der Waals surface area (Å²) in [6.45, 7) is 6.23. The molecule has 1 fully saturated rings. The van der Waals surface area contributed by atoms with Gasteiger partial charge in [0.05, 0.1) is 0 Å². The smallest absolute Gasteiger partial charge is 0.151 e. The van der Waals surface area contributed by atoms with Gasteiger partial charge in [0, 0.05) is 33.5 Å². The van der Waals surface area contributed by atoms with Crippen LogP contribution >= 0.6 is 0 Å². The molecule has 2 N–H and O–H groups in total. The third kappa shape index (κ3) is 2.90. The molecule has 0 radical (unpaired) electrons. The van der Waals surface area contributed by atoms with E-state index in [1.807, 2.05) is 6.92 Å². The number of phenolic OH excluding ortho intramolecular Hbond substituents is 1. The molecule has 4 heteroatoms. The fourth-order valence-corrected chi connectivity index (χ4v) is 5.16. The Bertz CT molecular complexity index is 850. The van der Waals surface area contributed by atoms with Crippen LogP contribution in [0, 0.1) is 5.41 Å². The average molecular weight is 367 g/mol. The molecule has 0 aromatic heterocycles. The van der Waals surface area contributed by atoms with Crippen molar-refractivity contribution < 1.29 is 14.6 Å². The van der Waals surface area contributed by atoms with Crippen molar-refractivity contribution in [3.8, 4) is 11.5 Å². The third-order valence-corrected chi connectivity index (χ3v) is 6.52. The summed E-state index contributed by atoms with van der Waals surface area (Å²) in [6.07, 6.45) is 8.93. The van der Waals surface area contributed by atoms with E-state index in [-0.39, 0.29) is 5.60 Å². The normalized spacial score (nSPS) is 24.9. The van der Waals surface area contributed by atoms with E-state index in [4.69, 9.17) is 10.1 Å². The highest BCUT2D eigenvalue weighted by atomic mass is 16.5. The molecular weight excluding hydrogens is 338 g/mol. The molecular formula is C23H29NO3. The largest absolute Gasteiger partial charge is 0.507 e. The number of carbonyl (C=O) groups is 1. The van der Waals surface area contributed by atoms with Gasteiger partial charge in [-0.25, -0.2) is 0 Å². The van der Waals surface area contributed by atoms with Gasteiger partial charge in [-0.15, -0.1) is 0 Å². The van der Waals surface area contributed by atoms with Crippen LogP contribution in [0.25, 0.3) is 6.08 Å². The highest BCUT2D eigenvalue weighted by molar-refractivity contribution is 6.17. The Morgan fingerprint density at radius 3 is 2.67 bits per heavy atom. The topological polar surface area (TPSA) is 70.4 Å². The Labute approximate surface area is 161 Å². The van der Waals surface area contributed by atoms with E-state index < -0.39 is 0 Å².